The van der Waals surface area contributed by atoms with Crippen LogP contribution in [0.4, 0.5) is 8.78 Å². The highest BCUT2D eigenvalue weighted by Crippen LogP contribution is 2.42. The maximum Gasteiger partial charge on any atom is 0.137 e. The lowest BCUT2D eigenvalue weighted by atomic mass is 9.74. The lowest BCUT2D eigenvalue weighted by Crippen LogP contribution is -2.43. The average Bonchev–Trinajstić information content (AvgIpc) is 2.78. The largest absolute Gasteiger partial charge is 0.389 e. The highest BCUT2D eigenvalue weighted by atomic mass is 35.5. The number of para-hydroxylation sites is 1. The van der Waals surface area contributed by atoms with Gasteiger partial charge in [0.15, 0.2) is 0 Å². The van der Waals surface area contributed by atoms with E-state index in [4.69, 9.17) is 11.6 Å². The van der Waals surface area contributed by atoms with Crippen LogP contribution < -0.4 is 0 Å². The zero-order chi connectivity index (χ0) is 23.6. The van der Waals surface area contributed by atoms with Crippen molar-refractivity contribution in [3.63, 3.8) is 0 Å². The lowest BCUT2D eigenvalue weighted by Gasteiger charge is -2.37. The molecule has 2 unspecified atom stereocenters. The van der Waals surface area contributed by atoms with E-state index in [0.717, 1.165) is 28.2 Å². The Bertz CT molecular complexity index is 1210. The van der Waals surface area contributed by atoms with Crippen LogP contribution >= 0.6 is 11.6 Å². The van der Waals surface area contributed by atoms with E-state index in [1.807, 2.05) is 73.6 Å². The second-order valence-corrected chi connectivity index (χ2v) is 9.28. The van der Waals surface area contributed by atoms with Crippen molar-refractivity contribution in [2.75, 3.05) is 20.6 Å². The monoisotopic (exact) mass is 468 g/mol. The molecule has 0 bridgehead atoms. The summed E-state index contributed by atoms with van der Waals surface area (Å²) in [6.45, 7) is 0.561. The highest BCUT2D eigenvalue weighted by molar-refractivity contribution is 6.33. The van der Waals surface area contributed by atoms with Crippen LogP contribution in [-0.2, 0) is 6.42 Å². The minimum atomic E-state index is -1.40. The maximum absolute atomic E-state index is 14.2. The molecule has 0 amide bonds. The van der Waals surface area contributed by atoms with Crippen LogP contribution in [0.2, 0.25) is 5.15 Å². The molecule has 0 fully saturated rings. The quantitative estimate of drug-likeness (QED) is 0.402. The number of pyridine rings is 1. The molecule has 172 valence electrons. The third-order valence-electron chi connectivity index (χ3n) is 6.25. The molecule has 1 heterocycles. The number of benzene rings is 2. The summed E-state index contributed by atoms with van der Waals surface area (Å²) in [4.78, 5) is 6.54. The van der Waals surface area contributed by atoms with Crippen molar-refractivity contribution >= 4 is 22.5 Å². The molecule has 0 spiro atoms. The van der Waals surface area contributed by atoms with Crippen molar-refractivity contribution in [2.24, 2.45) is 5.92 Å². The first-order chi connectivity index (χ1) is 15.8. The van der Waals surface area contributed by atoms with Crippen molar-refractivity contribution in [3.05, 3.63) is 89.1 Å². The molecule has 0 saturated carbocycles. The van der Waals surface area contributed by atoms with Gasteiger partial charge in [0.05, 0.1) is 11.1 Å². The normalized spacial score (nSPS) is 18.2. The smallest absolute Gasteiger partial charge is 0.137 e. The molecule has 2 aromatic carbocycles. The molecule has 6 heteroatoms. The summed E-state index contributed by atoms with van der Waals surface area (Å²) in [5, 5.41) is 13.2. The van der Waals surface area contributed by atoms with E-state index in [2.05, 4.69) is 4.98 Å². The molecule has 3 aromatic rings. The van der Waals surface area contributed by atoms with Crippen LogP contribution in [0.15, 0.2) is 78.4 Å². The van der Waals surface area contributed by atoms with E-state index in [1.54, 1.807) is 0 Å². The topological polar surface area (TPSA) is 36.4 Å². The van der Waals surface area contributed by atoms with Gasteiger partial charge in [0, 0.05) is 42.3 Å². The number of hydrogen-bond donors (Lipinski definition) is 1. The van der Waals surface area contributed by atoms with Gasteiger partial charge in [-0.3, -0.25) is 0 Å². The molecule has 33 heavy (non-hydrogen) atoms. The van der Waals surface area contributed by atoms with Crippen LogP contribution in [0.3, 0.4) is 0 Å². The first kappa shape index (κ1) is 23.6. The van der Waals surface area contributed by atoms with Gasteiger partial charge in [0.25, 0.3) is 0 Å². The van der Waals surface area contributed by atoms with Crippen LogP contribution in [0.25, 0.3) is 22.0 Å². The van der Waals surface area contributed by atoms with E-state index in [0.29, 0.717) is 23.6 Å². The molecule has 0 radical (unpaired) electrons. The number of rotatable bonds is 7. The van der Waals surface area contributed by atoms with Gasteiger partial charge in [-0.25, -0.2) is 13.8 Å². The molecule has 1 aromatic heterocycles. The standard InChI is InChI=1S/C27H27ClF2N2O/c1-32(2)13-12-27(33,19-14-20(29)16-21(30)15-19)17-23-22-10-6-7-11-24(22)31-26(28)25(23)18-8-4-3-5-9-18/h3-11,14,16,19,33H,12-13,15,17H2,1-2H3. The number of hydrogen-bond acceptors (Lipinski definition) is 3. The molecule has 2 atom stereocenters. The molecule has 1 aliphatic rings. The number of fused-ring (bicyclic) bond motifs is 1. The minimum Gasteiger partial charge on any atom is -0.389 e. The first-order valence-corrected chi connectivity index (χ1v) is 11.4. The molecular weight excluding hydrogens is 442 g/mol. The Hall–Kier alpha value is -2.60. The summed E-state index contributed by atoms with van der Waals surface area (Å²) in [6.07, 6.45) is 2.69. The van der Waals surface area contributed by atoms with Crippen molar-refractivity contribution < 1.29 is 13.9 Å². The van der Waals surface area contributed by atoms with Crippen LogP contribution in [0.5, 0.6) is 0 Å². The zero-order valence-electron chi connectivity index (χ0n) is 18.7. The zero-order valence-corrected chi connectivity index (χ0v) is 19.5. The third kappa shape index (κ3) is 5.16. The average molecular weight is 469 g/mol. The van der Waals surface area contributed by atoms with Gasteiger partial charge in [-0.2, -0.15) is 0 Å². The molecule has 1 N–H and O–H groups in total. The highest BCUT2D eigenvalue weighted by Gasteiger charge is 2.39. The molecule has 0 saturated heterocycles. The van der Waals surface area contributed by atoms with E-state index >= 15 is 0 Å². The first-order valence-electron chi connectivity index (χ1n) is 11.0. The summed E-state index contributed by atoms with van der Waals surface area (Å²) in [5.74, 6) is -1.94. The fourth-order valence-corrected chi connectivity index (χ4v) is 4.83. The Kier molecular flexibility index (Phi) is 6.94. The Labute approximate surface area is 198 Å². The summed E-state index contributed by atoms with van der Waals surface area (Å²) in [5.41, 5.74) is 1.74. The number of allylic oxidation sites excluding steroid dienone is 3. The summed E-state index contributed by atoms with van der Waals surface area (Å²) >= 11 is 6.69. The predicted octanol–water partition coefficient (Wildman–Crippen LogP) is 6.51. The van der Waals surface area contributed by atoms with Crippen LogP contribution in [0, 0.1) is 5.92 Å². The van der Waals surface area contributed by atoms with Gasteiger partial charge in [0.1, 0.15) is 16.8 Å². The Balaban J connectivity index is 1.89. The van der Waals surface area contributed by atoms with E-state index in [-0.39, 0.29) is 12.8 Å². The van der Waals surface area contributed by atoms with E-state index in [9.17, 15) is 13.9 Å². The van der Waals surface area contributed by atoms with Gasteiger partial charge < -0.3 is 10.0 Å². The van der Waals surface area contributed by atoms with Gasteiger partial charge in [-0.1, -0.05) is 60.1 Å². The number of nitrogens with zero attached hydrogens (tertiary/aromatic N) is 2. The SMILES string of the molecule is CN(C)CCC(O)(Cc1c(-c2ccccc2)c(Cl)nc2ccccc12)C1C=C(F)C=C(F)C1. The molecular formula is C27H27ClF2N2O. The van der Waals surface area contributed by atoms with Crippen LogP contribution in [-0.4, -0.2) is 41.2 Å². The lowest BCUT2D eigenvalue weighted by molar-refractivity contribution is -0.0157. The fraction of sp³-hybridized carbons (Fsp3) is 0.296. The fourth-order valence-electron chi connectivity index (χ4n) is 4.52. The predicted molar refractivity (Wildman–Crippen MR) is 131 cm³/mol. The molecule has 3 nitrogen and oxygen atoms in total. The van der Waals surface area contributed by atoms with Gasteiger partial charge >= 0.3 is 0 Å². The van der Waals surface area contributed by atoms with Crippen molar-refractivity contribution in [1.82, 2.24) is 9.88 Å². The number of aliphatic hydroxyl groups is 1. The van der Waals surface area contributed by atoms with Gasteiger partial charge in [0.2, 0.25) is 0 Å². The minimum absolute atomic E-state index is 0.0469. The van der Waals surface area contributed by atoms with E-state index in [1.165, 1.54) is 6.08 Å². The summed E-state index contributed by atoms with van der Waals surface area (Å²) in [6, 6.07) is 17.3. The molecule has 1 aliphatic carbocycles. The second-order valence-electron chi connectivity index (χ2n) is 8.93. The van der Waals surface area contributed by atoms with Crippen molar-refractivity contribution in [2.45, 2.75) is 24.9 Å². The van der Waals surface area contributed by atoms with E-state index < -0.39 is 23.2 Å². The molecule has 0 aliphatic heterocycles. The van der Waals surface area contributed by atoms with Crippen molar-refractivity contribution in [1.29, 1.82) is 0 Å². The number of halogens is 3. The summed E-state index contributed by atoms with van der Waals surface area (Å²) in [7, 11) is 3.82. The van der Waals surface area contributed by atoms with Crippen LogP contribution in [0.1, 0.15) is 18.4 Å². The third-order valence-corrected chi connectivity index (χ3v) is 6.53. The van der Waals surface area contributed by atoms with Crippen molar-refractivity contribution in [3.8, 4) is 11.1 Å². The maximum atomic E-state index is 14.2. The van der Waals surface area contributed by atoms with Gasteiger partial charge in [-0.15, -0.1) is 0 Å². The number of aromatic nitrogens is 1. The summed E-state index contributed by atoms with van der Waals surface area (Å²) < 4.78 is 28.4. The molecule has 4 rings (SSSR count). The van der Waals surface area contributed by atoms with Gasteiger partial charge in [-0.05, 0) is 43.8 Å². The Morgan fingerprint density at radius 2 is 1.79 bits per heavy atom. The Morgan fingerprint density at radius 3 is 2.48 bits per heavy atom. The second kappa shape index (κ2) is 9.72. The Morgan fingerprint density at radius 1 is 1.09 bits per heavy atom.